The molecule has 106 valence electrons. The summed E-state index contributed by atoms with van der Waals surface area (Å²) in [6, 6.07) is 0. The van der Waals surface area contributed by atoms with Crippen LogP contribution in [0, 0.1) is 0 Å². The Morgan fingerprint density at radius 3 is 1.53 bits per heavy atom. The molecule has 0 rings (SSSR count). The van der Waals surface area contributed by atoms with Gasteiger partial charge in [0, 0.05) is 0 Å². The van der Waals surface area contributed by atoms with E-state index in [4.69, 9.17) is 10.2 Å². The Hall–Kier alpha value is -0.250. The van der Waals surface area contributed by atoms with Crippen LogP contribution in [0.3, 0.4) is 0 Å². The molecule has 8 heteroatoms. The van der Waals surface area contributed by atoms with Crippen molar-refractivity contribution >= 4 is 10.4 Å². The van der Waals surface area contributed by atoms with Gasteiger partial charge in [0.1, 0.15) is 25.3 Å². The molecule has 0 aliphatic rings. The first-order valence-electron chi connectivity index (χ1n) is 5.09. The number of rotatable bonds is 5. The highest BCUT2D eigenvalue weighted by Gasteiger charge is 2.19. The van der Waals surface area contributed by atoms with Crippen molar-refractivity contribution in [2.24, 2.45) is 0 Å². The van der Waals surface area contributed by atoms with E-state index in [0.29, 0.717) is 17.6 Å². The van der Waals surface area contributed by atoms with Crippen LogP contribution in [0.15, 0.2) is 0 Å². The van der Waals surface area contributed by atoms with E-state index in [9.17, 15) is 13.0 Å². The van der Waals surface area contributed by atoms with Crippen molar-refractivity contribution in [3.8, 4) is 0 Å². The lowest BCUT2D eigenvalue weighted by molar-refractivity contribution is -0.895. The molecule has 2 atom stereocenters. The summed E-state index contributed by atoms with van der Waals surface area (Å²) in [4.78, 5) is 0. The van der Waals surface area contributed by atoms with Crippen LogP contribution in [0.2, 0.25) is 0 Å². The van der Waals surface area contributed by atoms with Crippen molar-refractivity contribution < 1.29 is 31.8 Å². The van der Waals surface area contributed by atoms with E-state index in [-0.39, 0.29) is 12.2 Å². The molecule has 0 aliphatic heterocycles. The molecule has 0 aromatic heterocycles. The average molecular weight is 273 g/mol. The van der Waals surface area contributed by atoms with Gasteiger partial charge in [0.2, 0.25) is 10.4 Å². The summed E-state index contributed by atoms with van der Waals surface area (Å²) in [5.74, 6) is 0. The third kappa shape index (κ3) is 18.3. The van der Waals surface area contributed by atoms with E-state index in [2.05, 4.69) is 4.18 Å². The zero-order valence-electron chi connectivity index (χ0n) is 11.0. The molecule has 0 aliphatic carbocycles. The first kappa shape index (κ1) is 19.1. The van der Waals surface area contributed by atoms with Gasteiger partial charge in [0.05, 0.1) is 21.2 Å². The SMILES string of the molecule is CC(O)C[N+](C)(C)CC(C)O.COS(=O)(=O)[O-]. The number of hydrogen-bond acceptors (Lipinski definition) is 6. The van der Waals surface area contributed by atoms with Crippen molar-refractivity contribution in [3.63, 3.8) is 0 Å². The molecule has 0 spiro atoms. The van der Waals surface area contributed by atoms with Gasteiger partial charge in [0.25, 0.3) is 0 Å². The molecule has 0 amide bonds. The molecule has 0 bridgehead atoms. The zero-order valence-corrected chi connectivity index (χ0v) is 11.8. The van der Waals surface area contributed by atoms with Crippen molar-refractivity contribution in [3.05, 3.63) is 0 Å². The van der Waals surface area contributed by atoms with Crippen LogP contribution in [0.1, 0.15) is 13.8 Å². The first-order valence-corrected chi connectivity index (χ1v) is 6.42. The summed E-state index contributed by atoms with van der Waals surface area (Å²) in [5.41, 5.74) is 0. The molecule has 0 heterocycles. The van der Waals surface area contributed by atoms with Gasteiger partial charge in [-0.2, -0.15) is 0 Å². The number of nitrogens with zero attached hydrogens (tertiary/aromatic N) is 1. The lowest BCUT2D eigenvalue weighted by atomic mass is 10.3. The lowest BCUT2D eigenvalue weighted by Crippen LogP contribution is -2.48. The Bertz CT molecular complexity index is 274. The van der Waals surface area contributed by atoms with Crippen molar-refractivity contribution in [1.82, 2.24) is 0 Å². The Morgan fingerprint density at radius 2 is 1.41 bits per heavy atom. The molecule has 0 radical (unpaired) electrons. The maximum absolute atomic E-state index is 9.22. The number of quaternary nitrogens is 1. The van der Waals surface area contributed by atoms with Crippen molar-refractivity contribution in [1.29, 1.82) is 0 Å². The van der Waals surface area contributed by atoms with E-state index in [1.165, 1.54) is 0 Å². The maximum atomic E-state index is 9.22. The fourth-order valence-electron chi connectivity index (χ4n) is 1.51. The molecule has 0 saturated carbocycles. The summed E-state index contributed by atoms with van der Waals surface area (Å²) in [6.07, 6.45) is -0.604. The molecule has 7 nitrogen and oxygen atoms in total. The summed E-state index contributed by atoms with van der Waals surface area (Å²) in [5, 5.41) is 18.2. The molecule has 0 aromatic carbocycles. The van der Waals surface area contributed by atoms with E-state index in [1.807, 2.05) is 14.1 Å². The fourth-order valence-corrected chi connectivity index (χ4v) is 1.51. The van der Waals surface area contributed by atoms with Crippen LogP contribution in [0.5, 0.6) is 0 Å². The fraction of sp³-hybridized carbons (Fsp3) is 1.00. The second-order valence-corrected chi connectivity index (χ2v) is 5.72. The Kier molecular flexibility index (Phi) is 8.94. The normalized spacial score (nSPS) is 15.8. The highest BCUT2D eigenvalue weighted by Crippen LogP contribution is 2.01. The third-order valence-electron chi connectivity index (χ3n) is 1.72. The largest absolute Gasteiger partial charge is 0.726 e. The molecule has 17 heavy (non-hydrogen) atoms. The highest BCUT2D eigenvalue weighted by molar-refractivity contribution is 7.80. The van der Waals surface area contributed by atoms with E-state index >= 15 is 0 Å². The molecule has 2 unspecified atom stereocenters. The molecular formula is C9H23NO6S. The van der Waals surface area contributed by atoms with Crippen LogP contribution < -0.4 is 0 Å². The second-order valence-electron chi connectivity index (χ2n) is 4.57. The van der Waals surface area contributed by atoms with E-state index < -0.39 is 10.4 Å². The minimum atomic E-state index is -4.41. The summed E-state index contributed by atoms with van der Waals surface area (Å²) in [6.45, 7) is 4.90. The smallest absolute Gasteiger partial charge is 0.217 e. The minimum absolute atomic E-state index is 0.302. The van der Waals surface area contributed by atoms with Gasteiger partial charge in [-0.25, -0.2) is 8.42 Å². The summed E-state index contributed by atoms with van der Waals surface area (Å²) >= 11 is 0. The second kappa shape index (κ2) is 7.96. The Balaban J connectivity index is 0. The minimum Gasteiger partial charge on any atom is -0.726 e. The quantitative estimate of drug-likeness (QED) is 0.375. The maximum Gasteiger partial charge on any atom is 0.217 e. The van der Waals surface area contributed by atoms with Gasteiger partial charge in [0.15, 0.2) is 0 Å². The predicted octanol–water partition coefficient (Wildman–Crippen LogP) is -1.08. The van der Waals surface area contributed by atoms with Gasteiger partial charge in [-0.05, 0) is 13.8 Å². The van der Waals surface area contributed by atoms with Gasteiger partial charge in [-0.3, -0.25) is 4.18 Å². The molecule has 0 fully saturated rings. The standard InChI is InChI=1S/C8H20NO2.CH4O4S/c1-7(10)5-9(3,4)6-8(2)11;1-5-6(2,3)4/h7-8,10-11H,5-6H2,1-4H3;1H3,(H,2,3,4)/q+1;/p-1. The van der Waals surface area contributed by atoms with Gasteiger partial charge < -0.3 is 19.2 Å². The van der Waals surface area contributed by atoms with E-state index in [0.717, 1.165) is 7.11 Å². The first-order chi connectivity index (χ1) is 7.39. The highest BCUT2D eigenvalue weighted by atomic mass is 32.3. The third-order valence-corrected chi connectivity index (χ3v) is 2.13. The van der Waals surface area contributed by atoms with Crippen LogP contribution >= 0.6 is 0 Å². The van der Waals surface area contributed by atoms with Crippen LogP contribution in [-0.4, -0.2) is 74.2 Å². The summed E-state index contributed by atoms with van der Waals surface area (Å²) < 4.78 is 31.7. The topological polar surface area (TPSA) is 107 Å². The van der Waals surface area contributed by atoms with Gasteiger partial charge in [-0.1, -0.05) is 0 Å². The van der Waals surface area contributed by atoms with Crippen LogP contribution in [0.4, 0.5) is 0 Å². The van der Waals surface area contributed by atoms with Gasteiger partial charge >= 0.3 is 0 Å². The Morgan fingerprint density at radius 1 is 1.18 bits per heavy atom. The average Bonchev–Trinajstić information content (AvgIpc) is 1.98. The molecular weight excluding hydrogens is 250 g/mol. The molecule has 0 saturated heterocycles. The number of hydrogen-bond donors (Lipinski definition) is 2. The Labute approximate surface area is 103 Å². The number of aliphatic hydroxyl groups is 2. The molecule has 2 N–H and O–H groups in total. The van der Waals surface area contributed by atoms with Crippen LogP contribution in [-0.2, 0) is 14.6 Å². The monoisotopic (exact) mass is 273 g/mol. The van der Waals surface area contributed by atoms with Crippen LogP contribution in [0.25, 0.3) is 0 Å². The predicted molar refractivity (Wildman–Crippen MR) is 61.9 cm³/mol. The van der Waals surface area contributed by atoms with E-state index in [1.54, 1.807) is 13.8 Å². The number of likely N-dealkylation sites (N-methyl/N-ethyl adjacent to an activating group) is 1. The lowest BCUT2D eigenvalue weighted by Gasteiger charge is -2.31. The summed E-state index contributed by atoms with van der Waals surface area (Å²) in [7, 11) is 0.395. The van der Waals surface area contributed by atoms with Crippen molar-refractivity contribution in [2.45, 2.75) is 26.1 Å². The van der Waals surface area contributed by atoms with Gasteiger partial charge in [-0.15, -0.1) is 0 Å². The zero-order chi connectivity index (χ0) is 14.3. The molecule has 0 aromatic rings. The number of aliphatic hydroxyl groups excluding tert-OH is 2. The van der Waals surface area contributed by atoms with Crippen molar-refractivity contribution in [2.75, 3.05) is 34.3 Å².